The van der Waals surface area contributed by atoms with E-state index in [2.05, 4.69) is 34.1 Å². The largest absolute Gasteiger partial charge is 0.381 e. The number of rotatable bonds is 4. The molecular formula is C26H41ClN2O. The average molecular weight is 433 g/mol. The molecule has 0 aromatic heterocycles. The van der Waals surface area contributed by atoms with E-state index in [1.54, 1.807) is 11.3 Å². The second kappa shape index (κ2) is 10.2. The first-order chi connectivity index (χ1) is 14.3. The van der Waals surface area contributed by atoms with Crippen molar-refractivity contribution in [3.05, 3.63) is 29.8 Å². The van der Waals surface area contributed by atoms with Crippen LogP contribution in [0.25, 0.3) is 0 Å². The molecule has 3 nitrogen and oxygen atoms in total. The van der Waals surface area contributed by atoms with Crippen molar-refractivity contribution in [3.63, 3.8) is 0 Å². The van der Waals surface area contributed by atoms with E-state index in [0.29, 0.717) is 0 Å². The van der Waals surface area contributed by atoms with Gasteiger partial charge in [0, 0.05) is 51.6 Å². The van der Waals surface area contributed by atoms with Gasteiger partial charge in [0.05, 0.1) is 0 Å². The van der Waals surface area contributed by atoms with Crippen LogP contribution in [0.1, 0.15) is 75.7 Å². The van der Waals surface area contributed by atoms with Crippen molar-refractivity contribution in [3.8, 4) is 0 Å². The maximum Gasteiger partial charge on any atom is 0.0469 e. The molecule has 0 unspecified atom stereocenters. The number of benzene rings is 1. The summed E-state index contributed by atoms with van der Waals surface area (Å²) in [6.07, 6.45) is 14.3. The zero-order valence-corrected chi connectivity index (χ0v) is 19.5. The lowest BCUT2D eigenvalue weighted by Crippen LogP contribution is -2.48. The van der Waals surface area contributed by atoms with E-state index in [9.17, 15) is 0 Å². The van der Waals surface area contributed by atoms with E-state index >= 15 is 0 Å². The molecule has 4 fully saturated rings. The first-order valence-electron chi connectivity index (χ1n) is 12.5. The summed E-state index contributed by atoms with van der Waals surface area (Å²) < 4.78 is 5.54. The van der Waals surface area contributed by atoms with Crippen molar-refractivity contribution in [1.82, 2.24) is 4.90 Å². The highest BCUT2D eigenvalue weighted by Gasteiger charge is 2.38. The number of hydrogen-bond donors (Lipinski definition) is 0. The molecule has 0 amide bonds. The smallest absolute Gasteiger partial charge is 0.0469 e. The monoisotopic (exact) mass is 432 g/mol. The Hall–Kier alpha value is -0.770. The number of anilines is 1. The van der Waals surface area contributed by atoms with Gasteiger partial charge in [0.25, 0.3) is 0 Å². The first kappa shape index (κ1) is 22.4. The van der Waals surface area contributed by atoms with Gasteiger partial charge in [-0.1, -0.05) is 31.0 Å². The normalized spacial score (nSPS) is 26.1. The van der Waals surface area contributed by atoms with Crippen LogP contribution >= 0.6 is 12.4 Å². The van der Waals surface area contributed by atoms with Crippen LogP contribution < -0.4 is 4.90 Å². The molecule has 2 heterocycles. The maximum atomic E-state index is 5.54. The Balaban J connectivity index is 0.00000218. The van der Waals surface area contributed by atoms with Crippen LogP contribution in [0, 0.1) is 11.3 Å². The molecule has 2 saturated heterocycles. The summed E-state index contributed by atoms with van der Waals surface area (Å²) >= 11 is 0. The van der Waals surface area contributed by atoms with Gasteiger partial charge in [-0.2, -0.15) is 0 Å². The molecule has 4 aliphatic rings. The Morgan fingerprint density at radius 2 is 1.50 bits per heavy atom. The highest BCUT2D eigenvalue weighted by atomic mass is 35.5. The van der Waals surface area contributed by atoms with E-state index in [1.165, 1.54) is 96.9 Å². The second-order valence-corrected chi connectivity index (χ2v) is 10.4. The van der Waals surface area contributed by atoms with Crippen molar-refractivity contribution in [1.29, 1.82) is 0 Å². The molecule has 2 saturated carbocycles. The van der Waals surface area contributed by atoms with Crippen LogP contribution in [0.15, 0.2) is 24.3 Å². The van der Waals surface area contributed by atoms with Crippen LogP contribution in [0.4, 0.5) is 5.69 Å². The SMILES string of the molecule is Cl.c1ccc(N2CCN(CC3CCOCC3)CC2)c(C2CCC3(CCCC3)CC2)c1. The Bertz CT molecular complexity index is 651. The summed E-state index contributed by atoms with van der Waals surface area (Å²) in [7, 11) is 0. The number of para-hydroxylation sites is 1. The van der Waals surface area contributed by atoms with Crippen molar-refractivity contribution >= 4 is 18.1 Å². The number of nitrogens with zero attached hydrogens (tertiary/aromatic N) is 2. The van der Waals surface area contributed by atoms with Crippen molar-refractivity contribution < 1.29 is 4.74 Å². The highest BCUT2D eigenvalue weighted by molar-refractivity contribution is 5.85. The van der Waals surface area contributed by atoms with E-state index in [4.69, 9.17) is 4.74 Å². The van der Waals surface area contributed by atoms with Crippen LogP contribution in [0.2, 0.25) is 0 Å². The van der Waals surface area contributed by atoms with Crippen LogP contribution in [0.3, 0.4) is 0 Å². The fraction of sp³-hybridized carbons (Fsp3) is 0.769. The van der Waals surface area contributed by atoms with Gasteiger partial charge in [0.2, 0.25) is 0 Å². The fourth-order valence-corrected chi connectivity index (χ4v) is 6.75. The maximum absolute atomic E-state index is 5.54. The third-order valence-electron chi connectivity index (χ3n) is 8.66. The Labute approximate surface area is 189 Å². The molecule has 5 rings (SSSR count). The number of hydrogen-bond acceptors (Lipinski definition) is 3. The van der Waals surface area contributed by atoms with Gasteiger partial charge in [-0.05, 0) is 80.2 Å². The molecule has 4 heteroatoms. The molecule has 30 heavy (non-hydrogen) atoms. The lowest BCUT2D eigenvalue weighted by atomic mass is 9.68. The summed E-state index contributed by atoms with van der Waals surface area (Å²) in [5.74, 6) is 1.64. The lowest BCUT2D eigenvalue weighted by molar-refractivity contribution is 0.0517. The average Bonchev–Trinajstić information content (AvgIpc) is 3.24. The van der Waals surface area contributed by atoms with E-state index in [-0.39, 0.29) is 12.4 Å². The number of piperazine rings is 1. The topological polar surface area (TPSA) is 15.7 Å². The van der Waals surface area contributed by atoms with E-state index in [1.807, 2.05) is 0 Å². The Morgan fingerprint density at radius 3 is 2.20 bits per heavy atom. The summed E-state index contributed by atoms with van der Waals surface area (Å²) in [5, 5.41) is 0. The quantitative estimate of drug-likeness (QED) is 0.591. The molecule has 2 aliphatic carbocycles. The molecule has 2 aliphatic heterocycles. The van der Waals surface area contributed by atoms with Gasteiger partial charge in [0.15, 0.2) is 0 Å². The predicted octanol–water partition coefficient (Wildman–Crippen LogP) is 5.88. The van der Waals surface area contributed by atoms with E-state index in [0.717, 1.165) is 30.5 Å². The minimum atomic E-state index is 0. The summed E-state index contributed by atoms with van der Waals surface area (Å²) in [6.45, 7) is 8.05. The van der Waals surface area contributed by atoms with Gasteiger partial charge in [0.1, 0.15) is 0 Å². The molecule has 0 N–H and O–H groups in total. The molecule has 1 aromatic carbocycles. The van der Waals surface area contributed by atoms with Gasteiger partial charge >= 0.3 is 0 Å². The summed E-state index contributed by atoms with van der Waals surface area (Å²) in [6, 6.07) is 9.39. The lowest BCUT2D eigenvalue weighted by Gasteiger charge is -2.41. The van der Waals surface area contributed by atoms with Crippen LogP contribution in [0.5, 0.6) is 0 Å². The molecular weight excluding hydrogens is 392 g/mol. The minimum Gasteiger partial charge on any atom is -0.381 e. The zero-order valence-electron chi connectivity index (χ0n) is 18.7. The predicted molar refractivity (Wildman–Crippen MR) is 128 cm³/mol. The van der Waals surface area contributed by atoms with Crippen molar-refractivity contribution in [2.45, 2.75) is 70.1 Å². The molecule has 1 spiro atoms. The van der Waals surface area contributed by atoms with Crippen molar-refractivity contribution in [2.75, 3.05) is 50.8 Å². The third-order valence-corrected chi connectivity index (χ3v) is 8.66. The third kappa shape index (κ3) is 5.00. The van der Waals surface area contributed by atoms with E-state index < -0.39 is 0 Å². The Kier molecular flexibility index (Phi) is 7.65. The molecule has 0 bridgehead atoms. The summed E-state index contributed by atoms with van der Waals surface area (Å²) in [4.78, 5) is 5.40. The number of halogens is 1. The highest BCUT2D eigenvalue weighted by Crippen LogP contribution is 2.53. The molecule has 0 atom stereocenters. The van der Waals surface area contributed by atoms with Gasteiger partial charge in [-0.3, -0.25) is 4.90 Å². The fourth-order valence-electron chi connectivity index (χ4n) is 6.75. The Morgan fingerprint density at radius 1 is 0.833 bits per heavy atom. The molecule has 168 valence electrons. The standard InChI is InChI=1S/C26H40N2O.ClH/c1-2-6-25(24(5-1)23-7-13-26(14-8-23)11-3-4-12-26)28-17-15-27(16-18-28)21-22-9-19-29-20-10-22;/h1-2,5-6,22-23H,3-4,7-21H2;1H. The van der Waals surface area contributed by atoms with Crippen molar-refractivity contribution in [2.24, 2.45) is 11.3 Å². The first-order valence-corrected chi connectivity index (χ1v) is 12.5. The van der Waals surface area contributed by atoms with Gasteiger partial charge in [-0.25, -0.2) is 0 Å². The molecule has 0 radical (unpaired) electrons. The number of ether oxygens (including phenoxy) is 1. The minimum absolute atomic E-state index is 0. The second-order valence-electron chi connectivity index (χ2n) is 10.4. The zero-order chi connectivity index (χ0) is 19.5. The van der Waals surface area contributed by atoms with Crippen LogP contribution in [-0.2, 0) is 4.74 Å². The summed E-state index contributed by atoms with van der Waals surface area (Å²) in [5.41, 5.74) is 3.94. The van der Waals surface area contributed by atoms with Crippen LogP contribution in [-0.4, -0.2) is 50.8 Å². The van der Waals surface area contributed by atoms with Gasteiger partial charge in [-0.15, -0.1) is 12.4 Å². The molecule has 1 aromatic rings. The van der Waals surface area contributed by atoms with Gasteiger partial charge < -0.3 is 9.64 Å².